The average Bonchev–Trinajstić information content (AvgIpc) is 3.22. The van der Waals surface area contributed by atoms with E-state index >= 15 is 0 Å². The summed E-state index contributed by atoms with van der Waals surface area (Å²) in [5.41, 5.74) is 0. The molecule has 5 heteroatoms. The second-order valence-corrected chi connectivity index (χ2v) is 7.19. The standard InChI is InChI=1S/C16H19N3S2/c1-13(11-19-7-6-17-12-19)18-15(16-5-3-9-21-16)10-14-4-2-8-20-14/h2-9,12-13,15,18H,10-11H2,1H3. The summed E-state index contributed by atoms with van der Waals surface area (Å²) in [5.74, 6) is 0. The summed E-state index contributed by atoms with van der Waals surface area (Å²) in [4.78, 5) is 6.93. The van der Waals surface area contributed by atoms with Crippen LogP contribution in [-0.2, 0) is 13.0 Å². The van der Waals surface area contributed by atoms with E-state index in [-0.39, 0.29) is 0 Å². The highest BCUT2D eigenvalue weighted by molar-refractivity contribution is 7.10. The number of hydrogen-bond acceptors (Lipinski definition) is 4. The van der Waals surface area contributed by atoms with Gasteiger partial charge in [0.05, 0.1) is 6.33 Å². The van der Waals surface area contributed by atoms with Crippen molar-refractivity contribution in [1.29, 1.82) is 0 Å². The average molecular weight is 317 g/mol. The summed E-state index contributed by atoms with van der Waals surface area (Å²) in [7, 11) is 0. The van der Waals surface area contributed by atoms with Crippen LogP contribution in [0.4, 0.5) is 0 Å². The van der Waals surface area contributed by atoms with Crippen LogP contribution in [0, 0.1) is 0 Å². The summed E-state index contributed by atoms with van der Waals surface area (Å²) >= 11 is 3.66. The number of thiophene rings is 2. The summed E-state index contributed by atoms with van der Waals surface area (Å²) in [5, 5.41) is 8.06. The number of aromatic nitrogens is 2. The number of imidazole rings is 1. The molecule has 0 fully saturated rings. The fraction of sp³-hybridized carbons (Fsp3) is 0.312. The Morgan fingerprint density at radius 2 is 2.10 bits per heavy atom. The van der Waals surface area contributed by atoms with E-state index in [0.717, 1.165) is 13.0 Å². The molecular weight excluding hydrogens is 298 g/mol. The van der Waals surface area contributed by atoms with Gasteiger partial charge in [-0.2, -0.15) is 0 Å². The molecule has 3 aromatic heterocycles. The van der Waals surface area contributed by atoms with Crippen LogP contribution >= 0.6 is 22.7 Å². The first-order valence-electron chi connectivity index (χ1n) is 7.09. The molecule has 0 aliphatic carbocycles. The first kappa shape index (κ1) is 14.5. The van der Waals surface area contributed by atoms with Gasteiger partial charge in [0.15, 0.2) is 0 Å². The van der Waals surface area contributed by atoms with Gasteiger partial charge in [-0.3, -0.25) is 0 Å². The maximum Gasteiger partial charge on any atom is 0.0946 e. The van der Waals surface area contributed by atoms with Gasteiger partial charge in [-0.1, -0.05) is 12.1 Å². The van der Waals surface area contributed by atoms with Crippen LogP contribution in [0.15, 0.2) is 53.7 Å². The van der Waals surface area contributed by atoms with Gasteiger partial charge in [-0.05, 0) is 29.8 Å². The Hall–Kier alpha value is -1.43. The first-order chi connectivity index (χ1) is 10.3. The Bertz CT molecular complexity index is 615. The highest BCUT2D eigenvalue weighted by atomic mass is 32.1. The number of rotatable bonds is 7. The smallest absolute Gasteiger partial charge is 0.0946 e. The van der Waals surface area contributed by atoms with Crippen molar-refractivity contribution in [3.05, 3.63) is 63.5 Å². The lowest BCUT2D eigenvalue weighted by atomic mass is 10.1. The minimum atomic E-state index is 0.377. The zero-order chi connectivity index (χ0) is 14.5. The van der Waals surface area contributed by atoms with E-state index in [4.69, 9.17) is 0 Å². The molecule has 0 saturated carbocycles. The van der Waals surface area contributed by atoms with Gasteiger partial charge in [0.1, 0.15) is 0 Å². The third-order valence-corrected chi connectivity index (χ3v) is 5.29. The molecule has 1 N–H and O–H groups in total. The molecule has 3 nitrogen and oxygen atoms in total. The summed E-state index contributed by atoms with van der Waals surface area (Å²) in [6.45, 7) is 3.17. The molecule has 110 valence electrons. The highest BCUT2D eigenvalue weighted by Gasteiger charge is 2.16. The number of hydrogen-bond donors (Lipinski definition) is 1. The third kappa shape index (κ3) is 4.03. The van der Waals surface area contributed by atoms with Crippen LogP contribution in [0.3, 0.4) is 0 Å². The molecule has 2 unspecified atom stereocenters. The third-order valence-electron chi connectivity index (χ3n) is 3.40. The van der Waals surface area contributed by atoms with Gasteiger partial charge in [-0.15, -0.1) is 22.7 Å². The minimum absolute atomic E-state index is 0.377. The summed E-state index contributed by atoms with van der Waals surface area (Å²) < 4.78 is 2.12. The minimum Gasteiger partial charge on any atom is -0.336 e. The Morgan fingerprint density at radius 1 is 1.24 bits per heavy atom. The van der Waals surface area contributed by atoms with Crippen molar-refractivity contribution in [2.24, 2.45) is 0 Å². The second-order valence-electron chi connectivity index (χ2n) is 5.18. The van der Waals surface area contributed by atoms with Gasteiger partial charge >= 0.3 is 0 Å². The molecule has 0 aromatic carbocycles. The zero-order valence-corrected chi connectivity index (χ0v) is 13.6. The topological polar surface area (TPSA) is 29.9 Å². The lowest BCUT2D eigenvalue weighted by Crippen LogP contribution is -2.34. The van der Waals surface area contributed by atoms with Crippen LogP contribution in [0.2, 0.25) is 0 Å². The second kappa shape index (κ2) is 7.02. The van der Waals surface area contributed by atoms with Crippen LogP contribution < -0.4 is 5.32 Å². The molecule has 3 heterocycles. The monoisotopic (exact) mass is 317 g/mol. The molecule has 0 aliphatic rings. The highest BCUT2D eigenvalue weighted by Crippen LogP contribution is 2.25. The van der Waals surface area contributed by atoms with E-state index in [9.17, 15) is 0 Å². The van der Waals surface area contributed by atoms with Gasteiger partial charge in [0, 0.05) is 47.2 Å². The Morgan fingerprint density at radius 3 is 2.76 bits per heavy atom. The lowest BCUT2D eigenvalue weighted by molar-refractivity contribution is 0.416. The van der Waals surface area contributed by atoms with Crippen molar-refractivity contribution in [1.82, 2.24) is 14.9 Å². The zero-order valence-electron chi connectivity index (χ0n) is 12.0. The van der Waals surface area contributed by atoms with Crippen LogP contribution in [0.5, 0.6) is 0 Å². The molecule has 21 heavy (non-hydrogen) atoms. The summed E-state index contributed by atoms with van der Waals surface area (Å²) in [6, 6.07) is 9.46. The Labute approximate surface area is 133 Å². The van der Waals surface area contributed by atoms with Gasteiger partial charge in [-0.25, -0.2) is 4.98 Å². The molecule has 0 amide bonds. The largest absolute Gasteiger partial charge is 0.336 e. The van der Waals surface area contributed by atoms with E-state index in [1.54, 1.807) is 0 Å². The van der Waals surface area contributed by atoms with Crippen LogP contribution in [-0.4, -0.2) is 15.6 Å². The van der Waals surface area contributed by atoms with Gasteiger partial charge < -0.3 is 9.88 Å². The predicted molar refractivity (Wildman–Crippen MR) is 89.9 cm³/mol. The lowest BCUT2D eigenvalue weighted by Gasteiger charge is -2.22. The SMILES string of the molecule is CC(Cn1ccnc1)NC(Cc1cccs1)c1cccs1. The molecule has 0 bridgehead atoms. The van der Waals surface area contributed by atoms with Gasteiger partial charge in [0.2, 0.25) is 0 Å². The number of nitrogens with zero attached hydrogens (tertiary/aromatic N) is 2. The molecule has 0 saturated heterocycles. The Balaban J connectivity index is 1.67. The van der Waals surface area contributed by atoms with Crippen molar-refractivity contribution in [3.63, 3.8) is 0 Å². The normalized spacial score (nSPS) is 14.1. The van der Waals surface area contributed by atoms with Gasteiger partial charge in [0.25, 0.3) is 0 Å². The quantitative estimate of drug-likeness (QED) is 0.714. The number of nitrogens with one attached hydrogen (secondary N) is 1. The molecular formula is C16H19N3S2. The molecule has 0 radical (unpaired) electrons. The molecule has 3 aromatic rings. The fourth-order valence-corrected chi connectivity index (χ4v) is 4.01. The van der Waals surface area contributed by atoms with Crippen LogP contribution in [0.1, 0.15) is 22.7 Å². The maximum absolute atomic E-state index is 4.10. The molecule has 0 spiro atoms. The van der Waals surface area contributed by atoms with Crippen molar-refractivity contribution >= 4 is 22.7 Å². The van der Waals surface area contributed by atoms with Crippen molar-refractivity contribution in [3.8, 4) is 0 Å². The first-order valence-corrected chi connectivity index (χ1v) is 8.85. The maximum atomic E-state index is 4.10. The van der Waals surface area contributed by atoms with E-state index < -0.39 is 0 Å². The molecule has 3 rings (SSSR count). The molecule has 2 atom stereocenters. The summed E-state index contributed by atoms with van der Waals surface area (Å²) in [6.07, 6.45) is 6.76. The Kier molecular flexibility index (Phi) is 4.85. The predicted octanol–water partition coefficient (Wildman–Crippen LogP) is 3.97. The van der Waals surface area contributed by atoms with Crippen molar-refractivity contribution in [2.45, 2.75) is 32.0 Å². The molecule has 0 aliphatic heterocycles. The van der Waals surface area contributed by atoms with E-state index in [1.807, 2.05) is 41.4 Å². The van der Waals surface area contributed by atoms with Crippen molar-refractivity contribution in [2.75, 3.05) is 0 Å². The van der Waals surface area contributed by atoms with E-state index in [0.29, 0.717) is 12.1 Å². The van der Waals surface area contributed by atoms with Crippen molar-refractivity contribution < 1.29 is 0 Å². The van der Waals surface area contributed by atoms with Crippen LogP contribution in [0.25, 0.3) is 0 Å². The van der Waals surface area contributed by atoms with E-state index in [1.165, 1.54) is 9.75 Å². The van der Waals surface area contributed by atoms with E-state index in [2.05, 4.69) is 56.8 Å². The fourth-order valence-electron chi connectivity index (χ4n) is 2.47.